The van der Waals surface area contributed by atoms with Crippen LogP contribution in [0.15, 0.2) is 12.3 Å². The fraction of sp³-hybridized carbons (Fsp3) is 0.417. The van der Waals surface area contributed by atoms with Crippen LogP contribution in [0.4, 0.5) is 11.5 Å². The average Bonchev–Trinajstić information content (AvgIpc) is 2.94. The van der Waals surface area contributed by atoms with Crippen LogP contribution >= 0.6 is 0 Å². The number of hydrogen-bond acceptors (Lipinski definition) is 6. The lowest BCUT2D eigenvalue weighted by Gasteiger charge is -2.25. The first kappa shape index (κ1) is 14.7. The highest BCUT2D eigenvalue weighted by atomic mass is 16.6. The van der Waals surface area contributed by atoms with E-state index < -0.39 is 22.6 Å². The molecule has 0 saturated carbocycles. The highest BCUT2D eigenvalue weighted by Gasteiger charge is 2.34. The van der Waals surface area contributed by atoms with Crippen LogP contribution in [0.2, 0.25) is 0 Å². The Bertz CT molecular complexity index is 603. The van der Waals surface area contributed by atoms with Crippen LogP contribution in [0.25, 0.3) is 0 Å². The van der Waals surface area contributed by atoms with E-state index in [9.17, 15) is 24.8 Å². The molecule has 2 N–H and O–H groups in total. The van der Waals surface area contributed by atoms with Crippen molar-refractivity contribution in [2.75, 3.05) is 18.5 Å². The van der Waals surface area contributed by atoms with E-state index in [1.54, 1.807) is 4.90 Å². The number of carbonyl (C=O) groups excluding carboxylic acids is 1. The predicted octanol–water partition coefficient (Wildman–Crippen LogP) is 0.403. The molecule has 2 heterocycles. The fourth-order valence-corrected chi connectivity index (χ4v) is 2.39. The molecular formula is C12H14N4O5. The molecule has 112 valence electrons. The lowest BCUT2D eigenvalue weighted by Crippen LogP contribution is -2.42. The van der Waals surface area contributed by atoms with Crippen LogP contribution in [0.5, 0.6) is 0 Å². The molecule has 21 heavy (non-hydrogen) atoms. The Balaban J connectivity index is 2.45. The maximum atomic E-state index is 11.8. The molecule has 0 aromatic carbocycles. The lowest BCUT2D eigenvalue weighted by atomic mass is 10.2. The van der Waals surface area contributed by atoms with Crippen LogP contribution in [-0.4, -0.2) is 46.5 Å². The first-order valence-electron chi connectivity index (χ1n) is 6.31. The van der Waals surface area contributed by atoms with Gasteiger partial charge in [-0.15, -0.1) is 0 Å². The van der Waals surface area contributed by atoms with Crippen molar-refractivity contribution < 1.29 is 19.6 Å². The van der Waals surface area contributed by atoms with Crippen LogP contribution in [-0.2, 0) is 4.79 Å². The van der Waals surface area contributed by atoms with Gasteiger partial charge >= 0.3 is 5.97 Å². The number of nitrogens with zero attached hydrogens (tertiary/aromatic N) is 3. The third-order valence-corrected chi connectivity index (χ3v) is 3.37. The summed E-state index contributed by atoms with van der Waals surface area (Å²) in [6, 6.07) is 0.450. The van der Waals surface area contributed by atoms with Gasteiger partial charge in [-0.3, -0.25) is 14.9 Å². The number of carboxylic acids is 1. The number of pyridine rings is 1. The van der Waals surface area contributed by atoms with E-state index in [0.717, 1.165) is 18.7 Å². The molecule has 2 rings (SSSR count). The van der Waals surface area contributed by atoms with Crippen LogP contribution in [0.1, 0.15) is 23.2 Å². The Morgan fingerprint density at radius 1 is 1.57 bits per heavy atom. The van der Waals surface area contributed by atoms with E-state index in [4.69, 9.17) is 0 Å². The van der Waals surface area contributed by atoms with E-state index in [2.05, 4.69) is 10.3 Å². The highest BCUT2D eigenvalue weighted by molar-refractivity contribution is 5.95. The largest absolute Gasteiger partial charge is 0.478 e. The maximum Gasteiger partial charge on any atom is 0.339 e. The molecule has 9 heteroatoms. The van der Waals surface area contributed by atoms with E-state index in [0.29, 0.717) is 13.0 Å². The van der Waals surface area contributed by atoms with Gasteiger partial charge in [-0.1, -0.05) is 0 Å². The number of nitro groups is 1. The molecular weight excluding hydrogens is 280 g/mol. The second kappa shape index (κ2) is 5.73. The smallest absolute Gasteiger partial charge is 0.339 e. The minimum Gasteiger partial charge on any atom is -0.478 e. The van der Waals surface area contributed by atoms with Crippen LogP contribution < -0.4 is 10.2 Å². The second-order valence-corrected chi connectivity index (χ2v) is 4.59. The summed E-state index contributed by atoms with van der Waals surface area (Å²) in [5, 5.41) is 22.5. The SMILES string of the molecule is CNC(=O)C1CCCN1c1ncc([N+](=O)[O-])cc1C(=O)O. The summed E-state index contributed by atoms with van der Waals surface area (Å²) in [6.07, 6.45) is 2.30. The first-order chi connectivity index (χ1) is 9.95. The van der Waals surface area contributed by atoms with Crippen molar-refractivity contribution in [1.29, 1.82) is 0 Å². The third-order valence-electron chi connectivity index (χ3n) is 3.37. The van der Waals surface area contributed by atoms with E-state index in [1.165, 1.54) is 7.05 Å². The molecule has 1 aromatic rings. The Kier molecular flexibility index (Phi) is 4.01. The summed E-state index contributed by atoms with van der Waals surface area (Å²) in [5.74, 6) is -1.47. The number of amides is 1. The van der Waals surface area contributed by atoms with E-state index in [1.807, 2.05) is 0 Å². The van der Waals surface area contributed by atoms with E-state index in [-0.39, 0.29) is 17.3 Å². The number of hydrogen-bond donors (Lipinski definition) is 2. The topological polar surface area (TPSA) is 126 Å². The number of carboxylic acid groups (broad SMARTS) is 1. The third kappa shape index (κ3) is 2.76. The highest BCUT2D eigenvalue weighted by Crippen LogP contribution is 2.29. The van der Waals surface area contributed by atoms with E-state index >= 15 is 0 Å². The molecule has 9 nitrogen and oxygen atoms in total. The van der Waals surface area contributed by atoms with Crippen molar-refractivity contribution >= 4 is 23.4 Å². The van der Waals surface area contributed by atoms with Crippen LogP contribution in [0.3, 0.4) is 0 Å². The number of aromatic nitrogens is 1. The molecule has 1 unspecified atom stereocenters. The minimum atomic E-state index is -1.32. The Labute approximate surface area is 119 Å². The number of likely N-dealkylation sites (N-methyl/N-ethyl adjacent to an activating group) is 1. The molecule has 0 radical (unpaired) electrons. The number of anilines is 1. The monoisotopic (exact) mass is 294 g/mol. The van der Waals surface area contributed by atoms with Gasteiger partial charge in [-0.25, -0.2) is 9.78 Å². The summed E-state index contributed by atoms with van der Waals surface area (Å²) in [7, 11) is 1.50. The summed E-state index contributed by atoms with van der Waals surface area (Å²) >= 11 is 0. The minimum absolute atomic E-state index is 0.0826. The van der Waals surface area contributed by atoms with Gasteiger partial charge in [0.15, 0.2) is 0 Å². The van der Waals surface area contributed by atoms with Gasteiger partial charge in [0, 0.05) is 19.7 Å². The normalized spacial score (nSPS) is 17.6. The van der Waals surface area contributed by atoms with Crippen molar-refractivity contribution in [2.45, 2.75) is 18.9 Å². The standard InChI is InChI=1S/C12H14N4O5/c1-13-11(17)9-3-2-4-15(9)10-8(12(18)19)5-7(6-14-10)16(20)21/h5-6,9H,2-4H2,1H3,(H,13,17)(H,18,19). The Hall–Kier alpha value is -2.71. The van der Waals surface area contributed by atoms with Gasteiger partial charge in [0.1, 0.15) is 23.6 Å². The summed E-state index contributed by atoms with van der Waals surface area (Å²) < 4.78 is 0. The maximum absolute atomic E-state index is 11.8. The summed E-state index contributed by atoms with van der Waals surface area (Å²) in [4.78, 5) is 38.6. The molecule has 1 aliphatic rings. The molecule has 1 amide bonds. The predicted molar refractivity (Wildman–Crippen MR) is 72.3 cm³/mol. The van der Waals surface area contributed by atoms with Gasteiger partial charge in [-0.2, -0.15) is 0 Å². The zero-order chi connectivity index (χ0) is 15.6. The Morgan fingerprint density at radius 3 is 2.86 bits per heavy atom. The zero-order valence-corrected chi connectivity index (χ0v) is 11.3. The van der Waals surface area contributed by atoms with Crippen molar-refractivity contribution in [1.82, 2.24) is 10.3 Å². The molecule has 1 saturated heterocycles. The molecule has 1 aromatic heterocycles. The summed E-state index contributed by atoms with van der Waals surface area (Å²) in [5.41, 5.74) is -0.674. The van der Waals surface area contributed by atoms with Gasteiger partial charge in [-0.05, 0) is 12.8 Å². The first-order valence-corrected chi connectivity index (χ1v) is 6.31. The Morgan fingerprint density at radius 2 is 2.29 bits per heavy atom. The quantitative estimate of drug-likeness (QED) is 0.608. The molecule has 1 aliphatic heterocycles. The molecule has 0 spiro atoms. The van der Waals surface area contributed by atoms with Crippen LogP contribution in [0, 0.1) is 10.1 Å². The number of nitrogens with one attached hydrogen (secondary N) is 1. The average molecular weight is 294 g/mol. The van der Waals surface area contributed by atoms with Gasteiger partial charge in [0.05, 0.1) is 4.92 Å². The van der Waals surface area contributed by atoms with Crippen molar-refractivity contribution in [3.8, 4) is 0 Å². The lowest BCUT2D eigenvalue weighted by molar-refractivity contribution is -0.385. The van der Waals surface area contributed by atoms with Crippen molar-refractivity contribution in [3.05, 3.63) is 27.9 Å². The van der Waals surface area contributed by atoms with Gasteiger partial charge in [0.2, 0.25) is 5.91 Å². The van der Waals surface area contributed by atoms with Crippen molar-refractivity contribution in [3.63, 3.8) is 0 Å². The molecule has 1 atom stereocenters. The fourth-order valence-electron chi connectivity index (χ4n) is 2.39. The number of aromatic carboxylic acids is 1. The second-order valence-electron chi connectivity index (χ2n) is 4.59. The molecule has 0 aliphatic carbocycles. The number of rotatable bonds is 4. The van der Waals surface area contributed by atoms with Gasteiger partial charge < -0.3 is 15.3 Å². The van der Waals surface area contributed by atoms with Crippen molar-refractivity contribution in [2.24, 2.45) is 0 Å². The molecule has 1 fully saturated rings. The zero-order valence-electron chi connectivity index (χ0n) is 11.3. The van der Waals surface area contributed by atoms with Gasteiger partial charge in [0.25, 0.3) is 5.69 Å². The summed E-state index contributed by atoms with van der Waals surface area (Å²) in [6.45, 7) is 0.475. The molecule has 0 bridgehead atoms. The number of carbonyl (C=O) groups is 2.